The largest absolute Gasteiger partial charge is 0.352 e. The lowest BCUT2D eigenvalue weighted by atomic mass is 10.2. The molecular weight excluding hydrogens is 260 g/mol. The fraction of sp³-hybridized carbons (Fsp3) is 0.400. The highest BCUT2D eigenvalue weighted by Gasteiger charge is 2.16. The molecule has 3 N–H and O–H groups in total. The van der Waals surface area contributed by atoms with Gasteiger partial charge in [0, 0.05) is 12.6 Å². The summed E-state index contributed by atoms with van der Waals surface area (Å²) in [4.78, 5) is 25.3. The maximum atomic E-state index is 11.7. The number of nitro groups is 1. The standard InChI is InChI=1S/C10H13ClN4O3/c11-9-8(5-7(6-14-9)15(17)18)10(16)13-4-2-1-3-12/h5-6H,1-4,12H2,(H,13,16). The van der Waals surface area contributed by atoms with Crippen molar-refractivity contribution < 1.29 is 9.72 Å². The van der Waals surface area contributed by atoms with Crippen molar-refractivity contribution in [1.82, 2.24) is 10.3 Å². The third kappa shape index (κ3) is 3.94. The summed E-state index contributed by atoms with van der Waals surface area (Å²) < 4.78 is 0. The zero-order valence-corrected chi connectivity index (χ0v) is 10.3. The smallest absolute Gasteiger partial charge is 0.288 e. The zero-order valence-electron chi connectivity index (χ0n) is 9.56. The first kappa shape index (κ1) is 14.3. The summed E-state index contributed by atoms with van der Waals surface area (Å²) in [5, 5.41) is 13.1. The van der Waals surface area contributed by atoms with Crippen molar-refractivity contribution in [2.45, 2.75) is 12.8 Å². The molecule has 7 nitrogen and oxygen atoms in total. The van der Waals surface area contributed by atoms with Crippen LogP contribution < -0.4 is 11.1 Å². The SMILES string of the molecule is NCCCCNC(=O)c1cc([N+](=O)[O-])cnc1Cl. The van der Waals surface area contributed by atoms with Crippen LogP contribution in [-0.2, 0) is 0 Å². The van der Waals surface area contributed by atoms with Gasteiger partial charge in [0.2, 0.25) is 0 Å². The quantitative estimate of drug-likeness (QED) is 0.349. The molecule has 0 aliphatic carbocycles. The van der Waals surface area contributed by atoms with Gasteiger partial charge in [-0.15, -0.1) is 0 Å². The van der Waals surface area contributed by atoms with Crippen LogP contribution in [0.15, 0.2) is 12.3 Å². The first-order valence-electron chi connectivity index (χ1n) is 5.34. The van der Waals surface area contributed by atoms with Gasteiger partial charge in [0.15, 0.2) is 0 Å². The van der Waals surface area contributed by atoms with Crippen LogP contribution >= 0.6 is 11.6 Å². The zero-order chi connectivity index (χ0) is 13.5. The number of aromatic nitrogens is 1. The van der Waals surface area contributed by atoms with Crippen molar-refractivity contribution in [2.24, 2.45) is 5.73 Å². The summed E-state index contributed by atoms with van der Waals surface area (Å²) in [6, 6.07) is 1.10. The minimum absolute atomic E-state index is 0.00128. The molecule has 0 unspecified atom stereocenters. The van der Waals surface area contributed by atoms with Crippen molar-refractivity contribution in [3.05, 3.63) is 33.1 Å². The Hall–Kier alpha value is -1.73. The number of carbonyl (C=O) groups is 1. The highest BCUT2D eigenvalue weighted by Crippen LogP contribution is 2.18. The van der Waals surface area contributed by atoms with Crippen LogP contribution in [0, 0.1) is 10.1 Å². The lowest BCUT2D eigenvalue weighted by Crippen LogP contribution is -2.25. The summed E-state index contributed by atoms with van der Waals surface area (Å²) in [5.41, 5.74) is 5.04. The van der Waals surface area contributed by atoms with Gasteiger partial charge in [-0.2, -0.15) is 0 Å². The molecule has 18 heavy (non-hydrogen) atoms. The Bertz CT molecular complexity index is 453. The van der Waals surface area contributed by atoms with Crippen LogP contribution in [0.1, 0.15) is 23.2 Å². The molecule has 1 aromatic rings. The van der Waals surface area contributed by atoms with Gasteiger partial charge in [-0.05, 0) is 19.4 Å². The second-order valence-corrected chi connectivity index (χ2v) is 3.90. The fourth-order valence-corrected chi connectivity index (χ4v) is 1.45. The molecule has 0 saturated heterocycles. The summed E-state index contributed by atoms with van der Waals surface area (Å²) in [6.07, 6.45) is 2.54. The van der Waals surface area contributed by atoms with E-state index in [9.17, 15) is 14.9 Å². The van der Waals surface area contributed by atoms with Crippen molar-refractivity contribution in [1.29, 1.82) is 0 Å². The average Bonchev–Trinajstić information content (AvgIpc) is 2.34. The number of nitrogens with two attached hydrogens (primary N) is 1. The van der Waals surface area contributed by atoms with E-state index in [4.69, 9.17) is 17.3 Å². The van der Waals surface area contributed by atoms with E-state index >= 15 is 0 Å². The van der Waals surface area contributed by atoms with Gasteiger partial charge < -0.3 is 11.1 Å². The number of hydrogen-bond acceptors (Lipinski definition) is 5. The number of carbonyl (C=O) groups excluding carboxylic acids is 1. The Morgan fingerprint density at radius 2 is 2.28 bits per heavy atom. The molecule has 0 spiro atoms. The van der Waals surface area contributed by atoms with Crippen LogP contribution in [-0.4, -0.2) is 28.9 Å². The molecule has 98 valence electrons. The number of unbranched alkanes of at least 4 members (excludes halogenated alkanes) is 1. The lowest BCUT2D eigenvalue weighted by molar-refractivity contribution is -0.385. The molecule has 8 heteroatoms. The molecule has 0 atom stereocenters. The van der Waals surface area contributed by atoms with Crippen LogP contribution in [0.5, 0.6) is 0 Å². The Kier molecular flexibility index (Phi) is 5.47. The molecule has 0 fully saturated rings. The van der Waals surface area contributed by atoms with Crippen LogP contribution in [0.2, 0.25) is 5.15 Å². The average molecular weight is 273 g/mol. The van der Waals surface area contributed by atoms with Gasteiger partial charge in [-0.3, -0.25) is 14.9 Å². The summed E-state index contributed by atoms with van der Waals surface area (Å²) in [7, 11) is 0. The van der Waals surface area contributed by atoms with Crippen molar-refractivity contribution >= 4 is 23.2 Å². The number of nitrogens with zero attached hydrogens (tertiary/aromatic N) is 2. The number of nitrogens with one attached hydrogen (secondary N) is 1. The van der Waals surface area contributed by atoms with E-state index in [0.717, 1.165) is 25.1 Å². The maximum Gasteiger partial charge on any atom is 0.288 e. The summed E-state index contributed by atoms with van der Waals surface area (Å²) in [6.45, 7) is 0.990. The first-order chi connectivity index (χ1) is 8.56. The molecule has 1 heterocycles. The van der Waals surface area contributed by atoms with Gasteiger partial charge >= 0.3 is 0 Å². The topological polar surface area (TPSA) is 111 Å². The Labute approximate surface area is 108 Å². The molecule has 1 aromatic heterocycles. The number of hydrogen-bond donors (Lipinski definition) is 2. The Morgan fingerprint density at radius 3 is 2.89 bits per heavy atom. The van der Waals surface area contributed by atoms with Crippen LogP contribution in [0.25, 0.3) is 0 Å². The van der Waals surface area contributed by atoms with Gasteiger partial charge in [0.1, 0.15) is 11.3 Å². The van der Waals surface area contributed by atoms with E-state index in [0.29, 0.717) is 13.1 Å². The third-order valence-electron chi connectivity index (χ3n) is 2.20. The second-order valence-electron chi connectivity index (χ2n) is 3.54. The molecule has 1 rings (SSSR count). The minimum atomic E-state index is -0.630. The normalized spacial score (nSPS) is 10.1. The van der Waals surface area contributed by atoms with Crippen LogP contribution in [0.3, 0.4) is 0 Å². The molecule has 0 aliphatic heterocycles. The first-order valence-corrected chi connectivity index (χ1v) is 5.72. The summed E-state index contributed by atoms with van der Waals surface area (Å²) >= 11 is 5.72. The highest BCUT2D eigenvalue weighted by atomic mass is 35.5. The van der Waals surface area contributed by atoms with E-state index < -0.39 is 10.8 Å². The molecular formula is C10H13ClN4O3. The summed E-state index contributed by atoms with van der Waals surface area (Å²) in [5.74, 6) is -0.478. The van der Waals surface area contributed by atoms with E-state index in [1.165, 1.54) is 0 Å². The number of rotatable bonds is 6. The Balaban J connectivity index is 2.72. The maximum absolute atomic E-state index is 11.7. The molecule has 0 bridgehead atoms. The molecule has 0 saturated carbocycles. The number of pyridine rings is 1. The van der Waals surface area contributed by atoms with Crippen molar-refractivity contribution in [3.8, 4) is 0 Å². The van der Waals surface area contributed by atoms with E-state index in [-0.39, 0.29) is 16.4 Å². The number of halogens is 1. The highest BCUT2D eigenvalue weighted by molar-refractivity contribution is 6.32. The van der Waals surface area contributed by atoms with Gasteiger partial charge in [-0.25, -0.2) is 4.98 Å². The van der Waals surface area contributed by atoms with Crippen molar-refractivity contribution in [3.63, 3.8) is 0 Å². The van der Waals surface area contributed by atoms with E-state index in [1.807, 2.05) is 0 Å². The second kappa shape index (κ2) is 6.87. The van der Waals surface area contributed by atoms with Crippen LogP contribution in [0.4, 0.5) is 5.69 Å². The molecule has 1 amide bonds. The monoisotopic (exact) mass is 272 g/mol. The van der Waals surface area contributed by atoms with Gasteiger partial charge in [0.05, 0.1) is 10.5 Å². The minimum Gasteiger partial charge on any atom is -0.352 e. The predicted molar refractivity (Wildman–Crippen MR) is 66.5 cm³/mol. The lowest BCUT2D eigenvalue weighted by Gasteiger charge is -2.05. The molecule has 0 radical (unpaired) electrons. The molecule has 0 aromatic carbocycles. The van der Waals surface area contributed by atoms with Gasteiger partial charge in [-0.1, -0.05) is 11.6 Å². The molecule has 0 aliphatic rings. The van der Waals surface area contributed by atoms with E-state index in [1.54, 1.807) is 0 Å². The van der Waals surface area contributed by atoms with E-state index in [2.05, 4.69) is 10.3 Å². The van der Waals surface area contributed by atoms with Gasteiger partial charge in [0.25, 0.3) is 11.6 Å². The predicted octanol–water partition coefficient (Wildman–Crippen LogP) is 1.11. The Morgan fingerprint density at radius 1 is 1.56 bits per heavy atom. The van der Waals surface area contributed by atoms with Crippen molar-refractivity contribution in [2.75, 3.05) is 13.1 Å². The number of amides is 1. The fourth-order valence-electron chi connectivity index (χ4n) is 1.26. The third-order valence-corrected chi connectivity index (χ3v) is 2.50.